The Hall–Kier alpha value is -0.810. The summed E-state index contributed by atoms with van der Waals surface area (Å²) in [7, 11) is 0. The predicted molar refractivity (Wildman–Crippen MR) is 61.1 cm³/mol. The molecule has 1 aliphatic rings. The van der Waals surface area contributed by atoms with Crippen molar-refractivity contribution < 1.29 is 14.6 Å². The molecule has 0 saturated carbocycles. The van der Waals surface area contributed by atoms with Crippen LogP contribution >= 0.6 is 0 Å². The molecule has 1 fully saturated rings. The normalized spacial score (nSPS) is 24.8. The zero-order valence-corrected chi connectivity index (χ0v) is 10.1. The van der Waals surface area contributed by atoms with Crippen molar-refractivity contribution in [1.29, 1.82) is 0 Å². The maximum absolute atomic E-state index is 11.0. The van der Waals surface area contributed by atoms with Crippen LogP contribution in [0.1, 0.15) is 33.1 Å². The summed E-state index contributed by atoms with van der Waals surface area (Å²) in [6, 6.07) is -0.0517. The van der Waals surface area contributed by atoms with Crippen LogP contribution in [0.15, 0.2) is 0 Å². The van der Waals surface area contributed by atoms with Crippen LogP contribution in [0.4, 0.5) is 4.79 Å². The van der Waals surface area contributed by atoms with Crippen LogP contribution in [0.5, 0.6) is 0 Å². The number of carboxylic acid groups (broad SMARTS) is 1. The average Bonchev–Trinajstić information content (AvgIpc) is 2.17. The number of carbonyl (C=O) groups is 1. The Kier molecular flexibility index (Phi) is 5.02. The van der Waals surface area contributed by atoms with Gasteiger partial charge in [-0.2, -0.15) is 0 Å². The van der Waals surface area contributed by atoms with Crippen LogP contribution in [0.3, 0.4) is 0 Å². The van der Waals surface area contributed by atoms with Crippen molar-refractivity contribution in [1.82, 2.24) is 4.90 Å². The topological polar surface area (TPSA) is 75.8 Å². The zero-order valence-electron chi connectivity index (χ0n) is 10.1. The Morgan fingerprint density at radius 1 is 1.62 bits per heavy atom. The van der Waals surface area contributed by atoms with Crippen molar-refractivity contribution in [2.24, 2.45) is 11.7 Å². The van der Waals surface area contributed by atoms with Gasteiger partial charge >= 0.3 is 6.09 Å². The SMILES string of the molecule is CC(C[C@H]1CCCOC1)N(C(=O)O)[C@@H](C)N. The fourth-order valence-electron chi connectivity index (χ4n) is 2.35. The lowest BCUT2D eigenvalue weighted by molar-refractivity contribution is 0.0351. The van der Waals surface area contributed by atoms with Gasteiger partial charge in [0.2, 0.25) is 0 Å². The monoisotopic (exact) mass is 230 g/mol. The van der Waals surface area contributed by atoms with E-state index >= 15 is 0 Å². The molecule has 1 unspecified atom stereocenters. The second-order valence-electron chi connectivity index (χ2n) is 4.60. The van der Waals surface area contributed by atoms with Gasteiger partial charge in [-0.25, -0.2) is 4.79 Å². The van der Waals surface area contributed by atoms with E-state index in [0.717, 1.165) is 32.5 Å². The summed E-state index contributed by atoms with van der Waals surface area (Å²) in [5.74, 6) is 0.462. The number of hydrogen-bond acceptors (Lipinski definition) is 3. The average molecular weight is 230 g/mol. The standard InChI is InChI=1S/C11H22N2O3/c1-8(13(9(2)12)11(14)15)6-10-4-3-5-16-7-10/h8-10H,3-7,12H2,1-2H3,(H,14,15)/t8?,9-,10+/m0/s1. The molecule has 0 spiro atoms. The molecule has 1 aliphatic heterocycles. The van der Waals surface area contributed by atoms with Gasteiger partial charge < -0.3 is 15.6 Å². The molecule has 0 bridgehead atoms. The van der Waals surface area contributed by atoms with E-state index in [9.17, 15) is 4.79 Å². The van der Waals surface area contributed by atoms with Gasteiger partial charge in [-0.05, 0) is 39.0 Å². The summed E-state index contributed by atoms with van der Waals surface area (Å²) in [6.07, 6.45) is 1.61. The Labute approximate surface area is 96.6 Å². The second kappa shape index (κ2) is 6.06. The third kappa shape index (κ3) is 3.64. The van der Waals surface area contributed by atoms with Crippen molar-refractivity contribution in [2.75, 3.05) is 13.2 Å². The Morgan fingerprint density at radius 3 is 2.75 bits per heavy atom. The molecule has 1 heterocycles. The first kappa shape index (κ1) is 13.3. The highest BCUT2D eigenvalue weighted by atomic mass is 16.5. The predicted octanol–water partition coefficient (Wildman–Crippen LogP) is 1.48. The lowest BCUT2D eigenvalue weighted by Crippen LogP contribution is -2.49. The quantitative estimate of drug-likeness (QED) is 0.717. The minimum Gasteiger partial charge on any atom is -0.465 e. The minimum absolute atomic E-state index is 0.0517. The smallest absolute Gasteiger partial charge is 0.408 e. The highest BCUT2D eigenvalue weighted by molar-refractivity contribution is 5.65. The fourth-order valence-corrected chi connectivity index (χ4v) is 2.35. The van der Waals surface area contributed by atoms with E-state index in [0.29, 0.717) is 5.92 Å². The minimum atomic E-state index is -0.945. The molecule has 16 heavy (non-hydrogen) atoms. The maximum Gasteiger partial charge on any atom is 0.408 e. The molecule has 1 rings (SSSR count). The lowest BCUT2D eigenvalue weighted by Gasteiger charge is -2.33. The lowest BCUT2D eigenvalue weighted by atomic mass is 9.94. The van der Waals surface area contributed by atoms with Crippen molar-refractivity contribution >= 4 is 6.09 Å². The highest BCUT2D eigenvalue weighted by Crippen LogP contribution is 2.21. The second-order valence-corrected chi connectivity index (χ2v) is 4.60. The van der Waals surface area contributed by atoms with E-state index < -0.39 is 12.3 Å². The van der Waals surface area contributed by atoms with Gasteiger partial charge in [0.05, 0.1) is 6.17 Å². The Morgan fingerprint density at radius 2 is 2.31 bits per heavy atom. The summed E-state index contributed by atoms with van der Waals surface area (Å²) >= 11 is 0. The molecule has 1 amide bonds. The van der Waals surface area contributed by atoms with Crippen LogP contribution < -0.4 is 5.73 Å². The summed E-state index contributed by atoms with van der Waals surface area (Å²) in [5, 5.41) is 9.06. The summed E-state index contributed by atoms with van der Waals surface area (Å²) in [6.45, 7) is 5.19. The molecule has 0 aromatic rings. The molecule has 5 nitrogen and oxygen atoms in total. The number of amides is 1. The molecule has 1 saturated heterocycles. The van der Waals surface area contributed by atoms with Crippen molar-refractivity contribution in [2.45, 2.75) is 45.3 Å². The first-order valence-electron chi connectivity index (χ1n) is 5.87. The highest BCUT2D eigenvalue weighted by Gasteiger charge is 2.26. The van der Waals surface area contributed by atoms with Crippen LogP contribution in [-0.2, 0) is 4.74 Å². The zero-order chi connectivity index (χ0) is 12.1. The van der Waals surface area contributed by atoms with E-state index in [2.05, 4.69) is 0 Å². The molecule has 5 heteroatoms. The number of hydrogen-bond donors (Lipinski definition) is 2. The molecule has 0 aromatic carbocycles. The summed E-state index contributed by atoms with van der Waals surface area (Å²) in [5.41, 5.74) is 5.66. The van der Waals surface area contributed by atoms with Crippen molar-refractivity contribution in [3.63, 3.8) is 0 Å². The van der Waals surface area contributed by atoms with Gasteiger partial charge in [0.15, 0.2) is 0 Å². The van der Waals surface area contributed by atoms with E-state index in [1.165, 1.54) is 4.90 Å². The molecule has 3 atom stereocenters. The largest absolute Gasteiger partial charge is 0.465 e. The first-order valence-corrected chi connectivity index (χ1v) is 5.87. The van der Waals surface area contributed by atoms with Crippen molar-refractivity contribution in [3.8, 4) is 0 Å². The summed E-state index contributed by atoms with van der Waals surface area (Å²) < 4.78 is 5.39. The third-order valence-corrected chi connectivity index (χ3v) is 3.06. The Bertz CT molecular complexity index is 227. The van der Waals surface area contributed by atoms with Gasteiger partial charge in [-0.1, -0.05) is 0 Å². The molecule has 94 valence electrons. The number of rotatable bonds is 4. The van der Waals surface area contributed by atoms with Crippen LogP contribution in [0.25, 0.3) is 0 Å². The van der Waals surface area contributed by atoms with Crippen LogP contribution in [0, 0.1) is 5.92 Å². The maximum atomic E-state index is 11.0. The molecule has 3 N–H and O–H groups in total. The molecular formula is C11H22N2O3. The van der Waals surface area contributed by atoms with Crippen LogP contribution in [0.2, 0.25) is 0 Å². The molecule has 0 aromatic heterocycles. The molecule has 0 radical (unpaired) electrons. The molecule has 0 aliphatic carbocycles. The summed E-state index contributed by atoms with van der Waals surface area (Å²) in [4.78, 5) is 12.4. The van der Waals surface area contributed by atoms with Gasteiger partial charge in [-0.3, -0.25) is 4.90 Å². The van der Waals surface area contributed by atoms with E-state index in [-0.39, 0.29) is 6.04 Å². The van der Waals surface area contributed by atoms with Gasteiger partial charge in [0.25, 0.3) is 0 Å². The number of nitrogens with zero attached hydrogens (tertiary/aromatic N) is 1. The first-order chi connectivity index (χ1) is 7.52. The Balaban J connectivity index is 2.47. The van der Waals surface area contributed by atoms with E-state index in [1.807, 2.05) is 6.92 Å². The van der Waals surface area contributed by atoms with E-state index in [4.69, 9.17) is 15.6 Å². The molecular weight excluding hydrogens is 208 g/mol. The van der Waals surface area contributed by atoms with Gasteiger partial charge in [0, 0.05) is 19.3 Å². The third-order valence-electron chi connectivity index (χ3n) is 3.06. The van der Waals surface area contributed by atoms with Gasteiger partial charge in [0.1, 0.15) is 0 Å². The van der Waals surface area contributed by atoms with Crippen LogP contribution in [-0.4, -0.2) is 41.5 Å². The number of ether oxygens (including phenoxy) is 1. The fraction of sp³-hybridized carbons (Fsp3) is 0.909. The number of nitrogens with two attached hydrogens (primary N) is 1. The van der Waals surface area contributed by atoms with Crippen molar-refractivity contribution in [3.05, 3.63) is 0 Å². The van der Waals surface area contributed by atoms with Gasteiger partial charge in [-0.15, -0.1) is 0 Å². The van der Waals surface area contributed by atoms with E-state index in [1.54, 1.807) is 6.92 Å².